The molecule has 6 nitrogen and oxygen atoms in total. The van der Waals surface area contributed by atoms with Gasteiger partial charge in [-0.1, -0.05) is 42.4 Å². The fourth-order valence-corrected chi connectivity index (χ4v) is 2.75. The van der Waals surface area contributed by atoms with E-state index in [1.54, 1.807) is 25.3 Å². The fraction of sp³-hybridized carbons (Fsp3) is 0.250. The van der Waals surface area contributed by atoms with Crippen LogP contribution in [0.4, 0.5) is 11.5 Å². The Bertz CT molecular complexity index is 811. The number of aromatic nitrogens is 2. The number of nitrogens with one attached hydrogen (secondary N) is 1. The standard InChI is InChI=1S/C16H17ClN4O2S/c1-4-11(22)9-6-5-8(2)10(7-9)19-15-12(14(18)23)13(17)20-16(21-15)24-3/h5-7H,4H2,1-3H3,(H2,18,23)(H,19,20,21). The first-order chi connectivity index (χ1) is 11.4. The Hall–Kier alpha value is -2.12. The number of anilines is 2. The van der Waals surface area contributed by atoms with E-state index in [0.29, 0.717) is 22.8 Å². The molecule has 0 aliphatic carbocycles. The van der Waals surface area contributed by atoms with Gasteiger partial charge in [-0.3, -0.25) is 9.59 Å². The SMILES string of the molecule is CCC(=O)c1ccc(C)c(Nc2nc(SC)nc(Cl)c2C(N)=O)c1. The van der Waals surface area contributed by atoms with Crippen molar-refractivity contribution in [2.24, 2.45) is 5.73 Å². The molecule has 8 heteroatoms. The smallest absolute Gasteiger partial charge is 0.255 e. The molecule has 2 aromatic rings. The fourth-order valence-electron chi connectivity index (χ4n) is 2.08. The van der Waals surface area contributed by atoms with E-state index in [1.165, 1.54) is 11.8 Å². The number of benzene rings is 1. The van der Waals surface area contributed by atoms with Crippen LogP contribution in [0.3, 0.4) is 0 Å². The molecule has 0 aliphatic rings. The van der Waals surface area contributed by atoms with Crippen LogP contribution in [0.25, 0.3) is 0 Å². The molecule has 0 saturated carbocycles. The molecule has 0 aliphatic heterocycles. The third-order valence-corrected chi connectivity index (χ3v) is 4.23. The quantitative estimate of drug-likeness (QED) is 0.352. The number of carbonyl (C=O) groups is 2. The third kappa shape index (κ3) is 3.85. The minimum absolute atomic E-state index is 0.0113. The van der Waals surface area contributed by atoms with Crippen molar-refractivity contribution in [2.75, 3.05) is 11.6 Å². The molecule has 1 aromatic carbocycles. The van der Waals surface area contributed by atoms with E-state index in [9.17, 15) is 9.59 Å². The molecule has 126 valence electrons. The lowest BCUT2D eigenvalue weighted by atomic mass is 10.0. The third-order valence-electron chi connectivity index (χ3n) is 3.41. The summed E-state index contributed by atoms with van der Waals surface area (Å²) in [6.45, 7) is 3.68. The first-order valence-electron chi connectivity index (χ1n) is 7.19. The molecule has 2 rings (SSSR count). The number of Topliss-reactive ketones (excluding diaryl/α,β-unsaturated/α-hetero) is 1. The van der Waals surface area contributed by atoms with Crippen LogP contribution in [-0.2, 0) is 0 Å². The average Bonchev–Trinajstić information content (AvgIpc) is 2.55. The summed E-state index contributed by atoms with van der Waals surface area (Å²) in [5.74, 6) is -0.483. The van der Waals surface area contributed by atoms with E-state index in [0.717, 1.165) is 5.56 Å². The minimum Gasteiger partial charge on any atom is -0.365 e. The average molecular weight is 365 g/mol. The van der Waals surface area contributed by atoms with Gasteiger partial charge >= 0.3 is 0 Å². The Morgan fingerprint density at radius 1 is 1.33 bits per heavy atom. The number of nitrogens with zero attached hydrogens (tertiary/aromatic N) is 2. The normalized spacial score (nSPS) is 10.5. The number of thioether (sulfide) groups is 1. The maximum Gasteiger partial charge on any atom is 0.255 e. The second-order valence-electron chi connectivity index (χ2n) is 5.02. The van der Waals surface area contributed by atoms with Gasteiger partial charge in [0.05, 0.1) is 0 Å². The van der Waals surface area contributed by atoms with E-state index in [2.05, 4.69) is 15.3 Å². The Kier molecular flexibility index (Phi) is 5.80. The second kappa shape index (κ2) is 7.63. The van der Waals surface area contributed by atoms with E-state index in [1.807, 2.05) is 13.0 Å². The number of hydrogen-bond acceptors (Lipinski definition) is 6. The summed E-state index contributed by atoms with van der Waals surface area (Å²) in [7, 11) is 0. The number of ketones is 1. The lowest BCUT2D eigenvalue weighted by molar-refractivity contribution is 0.0984. The number of aryl methyl sites for hydroxylation is 1. The Morgan fingerprint density at radius 2 is 2.04 bits per heavy atom. The number of primary amides is 1. The molecule has 0 saturated heterocycles. The van der Waals surface area contributed by atoms with Gasteiger partial charge in [0.15, 0.2) is 10.9 Å². The number of amides is 1. The molecule has 1 aromatic heterocycles. The van der Waals surface area contributed by atoms with Crippen molar-refractivity contribution in [1.82, 2.24) is 9.97 Å². The summed E-state index contributed by atoms with van der Waals surface area (Å²) in [6, 6.07) is 5.32. The predicted octanol–water partition coefficient (Wildman–Crippen LogP) is 3.60. The van der Waals surface area contributed by atoms with Crippen molar-refractivity contribution in [3.8, 4) is 0 Å². The molecule has 0 unspecified atom stereocenters. The molecule has 3 N–H and O–H groups in total. The summed E-state index contributed by atoms with van der Waals surface area (Å²) in [5, 5.41) is 3.45. The van der Waals surface area contributed by atoms with Crippen molar-refractivity contribution in [1.29, 1.82) is 0 Å². The summed E-state index contributed by atoms with van der Waals surface area (Å²) < 4.78 is 0. The highest BCUT2D eigenvalue weighted by atomic mass is 35.5. The van der Waals surface area contributed by atoms with E-state index < -0.39 is 5.91 Å². The molecule has 0 radical (unpaired) electrons. The highest BCUT2D eigenvalue weighted by molar-refractivity contribution is 7.98. The van der Waals surface area contributed by atoms with Gasteiger partial charge in [0, 0.05) is 17.7 Å². The largest absolute Gasteiger partial charge is 0.365 e. The topological polar surface area (TPSA) is 98.0 Å². The van der Waals surface area contributed by atoms with Gasteiger partial charge in [-0.15, -0.1) is 0 Å². The van der Waals surface area contributed by atoms with Crippen LogP contribution in [0.5, 0.6) is 0 Å². The highest BCUT2D eigenvalue weighted by Gasteiger charge is 2.19. The molecule has 1 amide bonds. The van der Waals surface area contributed by atoms with Gasteiger partial charge in [0.1, 0.15) is 16.5 Å². The van der Waals surface area contributed by atoms with Gasteiger partial charge in [-0.25, -0.2) is 9.97 Å². The van der Waals surface area contributed by atoms with E-state index >= 15 is 0 Å². The van der Waals surface area contributed by atoms with Crippen molar-refractivity contribution < 1.29 is 9.59 Å². The lowest BCUT2D eigenvalue weighted by Crippen LogP contribution is -2.16. The predicted molar refractivity (Wildman–Crippen MR) is 96.4 cm³/mol. The second-order valence-corrected chi connectivity index (χ2v) is 6.15. The Balaban J connectivity index is 2.53. The molecule has 0 fully saturated rings. The van der Waals surface area contributed by atoms with Crippen LogP contribution < -0.4 is 11.1 Å². The molecule has 1 heterocycles. The van der Waals surface area contributed by atoms with Gasteiger partial charge in [-0.05, 0) is 24.8 Å². The Morgan fingerprint density at radius 3 is 2.62 bits per heavy atom. The number of halogens is 1. The van der Waals surface area contributed by atoms with Crippen molar-refractivity contribution in [3.63, 3.8) is 0 Å². The summed E-state index contributed by atoms with van der Waals surface area (Å²) >= 11 is 7.35. The molecule has 0 spiro atoms. The molecular formula is C16H17ClN4O2S. The zero-order valence-corrected chi connectivity index (χ0v) is 15.1. The summed E-state index contributed by atoms with van der Waals surface area (Å²) in [4.78, 5) is 31.9. The zero-order valence-electron chi connectivity index (χ0n) is 13.5. The monoisotopic (exact) mass is 364 g/mol. The molecule has 0 atom stereocenters. The van der Waals surface area contributed by atoms with Crippen molar-refractivity contribution in [2.45, 2.75) is 25.4 Å². The number of hydrogen-bond donors (Lipinski definition) is 2. The number of nitrogens with two attached hydrogens (primary N) is 1. The number of rotatable bonds is 6. The minimum atomic E-state index is -0.728. The molecule has 0 bridgehead atoms. The maximum atomic E-state index is 11.9. The van der Waals surface area contributed by atoms with Gasteiger partial charge < -0.3 is 11.1 Å². The van der Waals surface area contributed by atoms with Crippen LogP contribution in [0.1, 0.15) is 39.6 Å². The first kappa shape index (κ1) is 18.2. The van der Waals surface area contributed by atoms with Crippen LogP contribution >= 0.6 is 23.4 Å². The van der Waals surface area contributed by atoms with E-state index in [4.69, 9.17) is 17.3 Å². The zero-order chi connectivity index (χ0) is 17.9. The van der Waals surface area contributed by atoms with Gasteiger partial charge in [-0.2, -0.15) is 0 Å². The van der Waals surface area contributed by atoms with Crippen LogP contribution in [0.15, 0.2) is 23.4 Å². The van der Waals surface area contributed by atoms with Gasteiger partial charge in [0.2, 0.25) is 0 Å². The highest BCUT2D eigenvalue weighted by Crippen LogP contribution is 2.28. The van der Waals surface area contributed by atoms with Crippen LogP contribution in [-0.4, -0.2) is 27.9 Å². The summed E-state index contributed by atoms with van der Waals surface area (Å²) in [5.41, 5.74) is 7.53. The maximum absolute atomic E-state index is 11.9. The van der Waals surface area contributed by atoms with Crippen LogP contribution in [0.2, 0.25) is 5.15 Å². The van der Waals surface area contributed by atoms with Crippen molar-refractivity contribution >= 4 is 46.6 Å². The Labute approximate surface area is 149 Å². The molecular weight excluding hydrogens is 348 g/mol. The van der Waals surface area contributed by atoms with E-state index in [-0.39, 0.29) is 22.3 Å². The first-order valence-corrected chi connectivity index (χ1v) is 8.79. The van der Waals surface area contributed by atoms with Crippen LogP contribution in [0, 0.1) is 6.92 Å². The van der Waals surface area contributed by atoms with Gasteiger partial charge in [0.25, 0.3) is 5.91 Å². The summed E-state index contributed by atoms with van der Waals surface area (Å²) in [6.07, 6.45) is 2.20. The van der Waals surface area contributed by atoms with Crippen molar-refractivity contribution in [3.05, 3.63) is 40.0 Å². The number of carbonyl (C=O) groups excluding carboxylic acids is 2. The lowest BCUT2D eigenvalue weighted by Gasteiger charge is -2.14. The molecule has 24 heavy (non-hydrogen) atoms.